The summed E-state index contributed by atoms with van der Waals surface area (Å²) in [6, 6.07) is 19.6. The Kier molecular flexibility index (Phi) is 6.86. The van der Waals surface area contributed by atoms with Gasteiger partial charge in [-0.1, -0.05) is 41.9 Å². The fourth-order valence-corrected chi connectivity index (χ4v) is 5.88. The fraction of sp³-hybridized carbons (Fsp3) is 0.233. The van der Waals surface area contributed by atoms with Gasteiger partial charge in [-0.15, -0.1) is 11.3 Å². The number of aliphatic carboxylic acids is 1. The van der Waals surface area contributed by atoms with E-state index in [2.05, 4.69) is 17.2 Å². The lowest BCUT2D eigenvalue weighted by atomic mass is 9.91. The first kappa shape index (κ1) is 26.1. The SMILES string of the molecule is Cc1cc2nc(-c3cccc(-c4ccnn4C)c3)sc2c(-c2ccc(Cl)cc2)c1[C@H](OC(C)(C)C)C(=O)O. The largest absolute Gasteiger partial charge is 0.479 e. The van der Waals surface area contributed by atoms with Crippen molar-refractivity contribution >= 4 is 39.1 Å². The van der Waals surface area contributed by atoms with E-state index >= 15 is 0 Å². The fourth-order valence-electron chi connectivity index (χ4n) is 4.63. The van der Waals surface area contributed by atoms with Crippen LogP contribution in [0.1, 0.15) is 38.0 Å². The molecule has 8 heteroatoms. The van der Waals surface area contributed by atoms with Crippen LogP contribution in [0.15, 0.2) is 66.9 Å². The molecule has 6 nitrogen and oxygen atoms in total. The molecule has 0 spiro atoms. The van der Waals surface area contributed by atoms with E-state index in [4.69, 9.17) is 21.3 Å². The number of halogens is 1. The van der Waals surface area contributed by atoms with Crippen molar-refractivity contribution in [1.29, 1.82) is 0 Å². The number of aromatic nitrogens is 3. The van der Waals surface area contributed by atoms with Crippen LogP contribution in [0.25, 0.3) is 43.2 Å². The van der Waals surface area contributed by atoms with E-state index in [1.165, 1.54) is 0 Å². The molecule has 3 aromatic carbocycles. The van der Waals surface area contributed by atoms with Crippen molar-refractivity contribution in [3.8, 4) is 33.0 Å². The summed E-state index contributed by atoms with van der Waals surface area (Å²) >= 11 is 7.75. The smallest absolute Gasteiger partial charge is 0.337 e. The molecule has 0 amide bonds. The van der Waals surface area contributed by atoms with Crippen molar-refractivity contribution in [2.45, 2.75) is 39.4 Å². The average molecular weight is 546 g/mol. The Hall–Kier alpha value is -3.52. The van der Waals surface area contributed by atoms with E-state index in [1.807, 2.05) is 88.0 Å². The monoisotopic (exact) mass is 545 g/mol. The molecule has 194 valence electrons. The number of carboxylic acid groups (broad SMARTS) is 1. The summed E-state index contributed by atoms with van der Waals surface area (Å²) in [6.45, 7) is 7.49. The van der Waals surface area contributed by atoms with E-state index in [-0.39, 0.29) is 0 Å². The van der Waals surface area contributed by atoms with Crippen LogP contribution in [0.2, 0.25) is 5.02 Å². The van der Waals surface area contributed by atoms with Crippen LogP contribution in [-0.2, 0) is 16.6 Å². The minimum absolute atomic E-state index is 0.608. The number of carbonyl (C=O) groups is 1. The summed E-state index contributed by atoms with van der Waals surface area (Å²) in [5.41, 5.74) is 6.28. The number of hydrogen-bond acceptors (Lipinski definition) is 5. The summed E-state index contributed by atoms with van der Waals surface area (Å²) in [6.07, 6.45) is 0.629. The lowest BCUT2D eigenvalue weighted by Crippen LogP contribution is -2.28. The third-order valence-corrected chi connectivity index (χ3v) is 7.63. The molecule has 0 saturated heterocycles. The number of fused-ring (bicyclic) bond motifs is 1. The molecule has 38 heavy (non-hydrogen) atoms. The van der Waals surface area contributed by atoms with Crippen LogP contribution < -0.4 is 0 Å². The third kappa shape index (κ3) is 5.10. The molecule has 0 radical (unpaired) electrons. The van der Waals surface area contributed by atoms with Crippen molar-refractivity contribution < 1.29 is 14.6 Å². The number of carboxylic acids is 1. The molecule has 1 atom stereocenters. The van der Waals surface area contributed by atoms with E-state index < -0.39 is 17.7 Å². The van der Waals surface area contributed by atoms with Gasteiger partial charge in [0, 0.05) is 40.5 Å². The van der Waals surface area contributed by atoms with Crippen molar-refractivity contribution in [3.63, 3.8) is 0 Å². The van der Waals surface area contributed by atoms with Crippen LogP contribution in [0.4, 0.5) is 0 Å². The molecule has 5 rings (SSSR count). The molecule has 0 aliphatic rings. The zero-order valence-electron chi connectivity index (χ0n) is 21.8. The standard InChI is InChI=1S/C30H28ClN3O3S/c1-17-15-22-27(38-28(33-22)20-8-6-7-19(16-20)23-13-14-32-34(23)5)25(18-9-11-21(31)12-10-18)24(17)26(29(35)36)37-30(2,3)4/h6-16,26H,1-5H3,(H,35,36)/t26-/m0/s1. The second-order valence-electron chi connectivity index (χ2n) is 10.2. The average Bonchev–Trinajstić information content (AvgIpc) is 3.48. The topological polar surface area (TPSA) is 77.2 Å². The zero-order valence-corrected chi connectivity index (χ0v) is 23.4. The molecule has 1 N–H and O–H groups in total. The molecule has 2 heterocycles. The molecule has 2 aromatic heterocycles. The highest BCUT2D eigenvalue weighted by Crippen LogP contribution is 2.44. The van der Waals surface area contributed by atoms with Gasteiger partial charge in [0.05, 0.1) is 21.5 Å². The number of ether oxygens (including phenoxy) is 1. The molecular weight excluding hydrogens is 518 g/mol. The van der Waals surface area contributed by atoms with Gasteiger partial charge >= 0.3 is 5.97 Å². The van der Waals surface area contributed by atoms with Gasteiger partial charge in [0.1, 0.15) is 5.01 Å². The van der Waals surface area contributed by atoms with Crippen molar-refractivity contribution in [2.24, 2.45) is 7.05 Å². The van der Waals surface area contributed by atoms with Crippen LogP contribution in [0.5, 0.6) is 0 Å². The first-order valence-electron chi connectivity index (χ1n) is 12.2. The Morgan fingerprint density at radius 1 is 1.05 bits per heavy atom. The molecule has 0 aliphatic heterocycles. The van der Waals surface area contributed by atoms with Crippen LogP contribution >= 0.6 is 22.9 Å². The van der Waals surface area contributed by atoms with Gasteiger partial charge in [-0.25, -0.2) is 9.78 Å². The highest BCUT2D eigenvalue weighted by atomic mass is 35.5. The summed E-state index contributed by atoms with van der Waals surface area (Å²) in [5.74, 6) is -1.04. The Labute approximate surface area is 230 Å². The predicted octanol–water partition coefficient (Wildman–Crippen LogP) is 7.93. The van der Waals surface area contributed by atoms with Crippen LogP contribution in [0, 0.1) is 6.92 Å². The number of nitrogens with zero attached hydrogens (tertiary/aromatic N) is 3. The van der Waals surface area contributed by atoms with E-state index in [9.17, 15) is 9.90 Å². The molecule has 0 saturated carbocycles. The Bertz CT molecular complexity index is 1650. The quantitative estimate of drug-likeness (QED) is 0.234. The number of benzene rings is 3. The van der Waals surface area contributed by atoms with Gasteiger partial charge < -0.3 is 9.84 Å². The second-order valence-corrected chi connectivity index (χ2v) is 11.7. The first-order chi connectivity index (χ1) is 18.0. The minimum atomic E-state index is -1.15. The molecule has 0 fully saturated rings. The van der Waals surface area contributed by atoms with Crippen molar-refractivity contribution in [2.75, 3.05) is 0 Å². The highest BCUT2D eigenvalue weighted by Gasteiger charge is 2.32. The number of hydrogen-bond donors (Lipinski definition) is 1. The first-order valence-corrected chi connectivity index (χ1v) is 13.4. The molecule has 5 aromatic rings. The van der Waals surface area contributed by atoms with Gasteiger partial charge in [0.15, 0.2) is 6.10 Å². The minimum Gasteiger partial charge on any atom is -0.479 e. The highest BCUT2D eigenvalue weighted by molar-refractivity contribution is 7.22. The Morgan fingerprint density at radius 3 is 2.39 bits per heavy atom. The maximum atomic E-state index is 12.5. The lowest BCUT2D eigenvalue weighted by Gasteiger charge is -2.28. The maximum absolute atomic E-state index is 12.5. The Morgan fingerprint density at radius 2 is 1.76 bits per heavy atom. The zero-order chi connectivity index (χ0) is 27.2. The summed E-state index contributed by atoms with van der Waals surface area (Å²) in [4.78, 5) is 17.5. The summed E-state index contributed by atoms with van der Waals surface area (Å²) in [7, 11) is 1.92. The number of rotatable bonds is 6. The van der Waals surface area contributed by atoms with Gasteiger partial charge in [-0.05, 0) is 69.2 Å². The number of thiazole rings is 1. The summed E-state index contributed by atoms with van der Waals surface area (Å²) < 4.78 is 8.85. The number of aryl methyl sites for hydroxylation is 2. The molecule has 0 aliphatic carbocycles. The van der Waals surface area contributed by atoms with E-state index in [1.54, 1.807) is 17.5 Å². The van der Waals surface area contributed by atoms with Crippen molar-refractivity contribution in [3.05, 3.63) is 83.0 Å². The lowest BCUT2D eigenvalue weighted by molar-refractivity contribution is -0.160. The molecule has 0 unspecified atom stereocenters. The second kappa shape index (κ2) is 9.98. The van der Waals surface area contributed by atoms with Gasteiger partial charge in [0.25, 0.3) is 0 Å². The van der Waals surface area contributed by atoms with Gasteiger partial charge in [-0.3, -0.25) is 4.68 Å². The molecule has 0 bridgehead atoms. The van der Waals surface area contributed by atoms with Gasteiger partial charge in [-0.2, -0.15) is 5.10 Å². The van der Waals surface area contributed by atoms with Crippen molar-refractivity contribution in [1.82, 2.24) is 14.8 Å². The summed E-state index contributed by atoms with van der Waals surface area (Å²) in [5, 5.41) is 16.0. The van der Waals surface area contributed by atoms with Crippen LogP contribution in [0.3, 0.4) is 0 Å². The van der Waals surface area contributed by atoms with Crippen LogP contribution in [-0.4, -0.2) is 31.4 Å². The van der Waals surface area contributed by atoms with Gasteiger partial charge in [0.2, 0.25) is 0 Å². The third-order valence-electron chi connectivity index (χ3n) is 6.24. The van der Waals surface area contributed by atoms with E-state index in [0.717, 1.165) is 48.7 Å². The predicted molar refractivity (Wildman–Crippen MR) is 154 cm³/mol. The normalized spacial score (nSPS) is 12.7. The Balaban J connectivity index is 1.75. The molecular formula is C30H28ClN3O3S. The maximum Gasteiger partial charge on any atom is 0.337 e. The van der Waals surface area contributed by atoms with E-state index in [0.29, 0.717) is 10.6 Å².